The number of nitrogens with zero attached hydrogens (tertiary/aromatic N) is 2. The van der Waals surface area contributed by atoms with Crippen molar-refractivity contribution >= 4 is 6.08 Å². The zero-order valence-electron chi connectivity index (χ0n) is 11.8. The van der Waals surface area contributed by atoms with Gasteiger partial charge < -0.3 is 9.15 Å². The van der Waals surface area contributed by atoms with E-state index in [0.29, 0.717) is 12.4 Å². The summed E-state index contributed by atoms with van der Waals surface area (Å²) in [4.78, 5) is 0. The Kier molecular flexibility index (Phi) is 3.78. The van der Waals surface area contributed by atoms with Gasteiger partial charge in [-0.15, -0.1) is 0 Å². The molecule has 1 aliphatic heterocycles. The molecule has 0 spiro atoms. The van der Waals surface area contributed by atoms with Gasteiger partial charge in [-0.1, -0.05) is 42.5 Å². The zero-order valence-corrected chi connectivity index (χ0v) is 11.8. The largest absolute Gasteiger partial charge is 0.466 e. The van der Waals surface area contributed by atoms with E-state index in [1.165, 1.54) is 6.26 Å². The average molecular weight is 290 g/mol. The van der Waals surface area contributed by atoms with Crippen molar-refractivity contribution in [1.82, 2.24) is 0 Å². The van der Waals surface area contributed by atoms with Gasteiger partial charge in [-0.2, -0.15) is 10.5 Å². The Morgan fingerprint density at radius 1 is 1.09 bits per heavy atom. The number of ether oxygens (including phenoxy) is 1. The third-order valence-corrected chi connectivity index (χ3v) is 3.93. The monoisotopic (exact) mass is 290 g/mol. The van der Waals surface area contributed by atoms with Crippen LogP contribution in [0.5, 0.6) is 0 Å². The second-order valence-electron chi connectivity index (χ2n) is 5.20. The molecule has 0 N–H and O–H groups in total. The number of nitriles is 2. The zero-order chi connectivity index (χ0) is 15.4. The van der Waals surface area contributed by atoms with Gasteiger partial charge in [0.25, 0.3) is 0 Å². The first-order chi connectivity index (χ1) is 10.8. The van der Waals surface area contributed by atoms with Crippen LogP contribution >= 0.6 is 0 Å². The Morgan fingerprint density at radius 3 is 2.50 bits per heavy atom. The number of furan rings is 1. The molecule has 108 valence electrons. The first kappa shape index (κ1) is 14.1. The molecule has 2 heterocycles. The van der Waals surface area contributed by atoms with Gasteiger partial charge >= 0.3 is 0 Å². The molecule has 0 amide bonds. The first-order valence-corrected chi connectivity index (χ1v) is 7.01. The van der Waals surface area contributed by atoms with E-state index in [1.54, 1.807) is 12.1 Å². The van der Waals surface area contributed by atoms with Gasteiger partial charge in [-0.3, -0.25) is 0 Å². The highest BCUT2D eigenvalue weighted by atomic mass is 16.5. The minimum absolute atomic E-state index is 0.308. The van der Waals surface area contributed by atoms with E-state index < -0.39 is 11.5 Å². The Bertz CT molecular complexity index is 722. The van der Waals surface area contributed by atoms with Crippen LogP contribution in [0, 0.1) is 34.0 Å². The van der Waals surface area contributed by atoms with Crippen molar-refractivity contribution in [3.05, 3.63) is 66.1 Å². The van der Waals surface area contributed by atoms with E-state index in [1.807, 2.05) is 42.5 Å². The highest BCUT2D eigenvalue weighted by Crippen LogP contribution is 2.49. The topological polar surface area (TPSA) is 70.0 Å². The van der Waals surface area contributed by atoms with Crippen molar-refractivity contribution in [1.29, 1.82) is 10.5 Å². The molecular weight excluding hydrogens is 276 g/mol. The summed E-state index contributed by atoms with van der Waals surface area (Å²) in [5, 5.41) is 19.3. The van der Waals surface area contributed by atoms with Gasteiger partial charge in [0.15, 0.2) is 5.41 Å². The van der Waals surface area contributed by atoms with Gasteiger partial charge in [-0.05, 0) is 17.7 Å². The molecule has 1 aromatic carbocycles. The fraction of sp³-hybridized carbons (Fsp3) is 0.222. The molecular formula is C18H14N2O2. The predicted molar refractivity (Wildman–Crippen MR) is 80.0 cm³/mol. The van der Waals surface area contributed by atoms with Crippen LogP contribution in [0.15, 0.2) is 59.2 Å². The van der Waals surface area contributed by atoms with Crippen molar-refractivity contribution in [3.63, 3.8) is 0 Å². The Balaban J connectivity index is 1.91. The smallest absolute Gasteiger partial charge is 0.185 e. The summed E-state index contributed by atoms with van der Waals surface area (Å²) < 4.78 is 11.0. The summed E-state index contributed by atoms with van der Waals surface area (Å²) in [7, 11) is 0. The van der Waals surface area contributed by atoms with Crippen LogP contribution in [0.25, 0.3) is 6.08 Å². The lowest BCUT2D eigenvalue weighted by atomic mass is 9.75. The molecule has 4 heteroatoms. The molecule has 3 rings (SSSR count). The molecule has 0 aliphatic carbocycles. The van der Waals surface area contributed by atoms with Crippen LogP contribution < -0.4 is 0 Å². The van der Waals surface area contributed by atoms with Crippen molar-refractivity contribution in [2.75, 3.05) is 6.61 Å². The SMILES string of the molecule is N#CC1(C#N)C(/C=C/c2ccccc2)COC1c1ccco1. The van der Waals surface area contributed by atoms with Gasteiger partial charge in [0.2, 0.25) is 0 Å². The van der Waals surface area contributed by atoms with Crippen molar-refractivity contribution < 1.29 is 9.15 Å². The standard InChI is InChI=1S/C18H14N2O2/c19-12-18(13-20)15(9-8-14-5-2-1-3-6-14)11-22-17(18)16-7-4-10-21-16/h1-10,15,17H,11H2/b9-8+. The molecule has 0 saturated carbocycles. The van der Waals surface area contributed by atoms with Gasteiger partial charge in [0, 0.05) is 5.92 Å². The Hall–Kier alpha value is -2.82. The summed E-state index contributed by atoms with van der Waals surface area (Å²) >= 11 is 0. The molecule has 1 saturated heterocycles. The fourth-order valence-electron chi connectivity index (χ4n) is 2.71. The van der Waals surface area contributed by atoms with E-state index in [0.717, 1.165) is 5.56 Å². The molecule has 4 nitrogen and oxygen atoms in total. The van der Waals surface area contributed by atoms with Crippen LogP contribution in [0.4, 0.5) is 0 Å². The van der Waals surface area contributed by atoms with Crippen LogP contribution in [-0.4, -0.2) is 6.61 Å². The van der Waals surface area contributed by atoms with Crippen molar-refractivity contribution in [2.45, 2.75) is 6.10 Å². The third kappa shape index (κ3) is 2.30. The minimum atomic E-state index is -1.27. The molecule has 2 unspecified atom stereocenters. The summed E-state index contributed by atoms with van der Waals surface area (Å²) in [5.41, 5.74) is -0.253. The van der Waals surface area contributed by atoms with E-state index in [9.17, 15) is 10.5 Å². The Morgan fingerprint density at radius 2 is 1.86 bits per heavy atom. The summed E-state index contributed by atoms with van der Waals surface area (Å²) in [5.74, 6) is 0.205. The third-order valence-electron chi connectivity index (χ3n) is 3.93. The van der Waals surface area contributed by atoms with Crippen molar-refractivity contribution in [2.24, 2.45) is 11.3 Å². The second-order valence-corrected chi connectivity index (χ2v) is 5.20. The van der Waals surface area contributed by atoms with Crippen LogP contribution in [0.3, 0.4) is 0 Å². The summed E-state index contributed by atoms with van der Waals surface area (Å²) in [6, 6.07) is 17.5. The normalized spacial score (nSPS) is 23.2. The molecule has 22 heavy (non-hydrogen) atoms. The number of rotatable bonds is 3. The van der Waals surface area contributed by atoms with Gasteiger partial charge in [0.05, 0.1) is 25.0 Å². The maximum atomic E-state index is 9.63. The lowest BCUT2D eigenvalue weighted by molar-refractivity contribution is 0.0678. The molecule has 2 atom stereocenters. The lowest BCUT2D eigenvalue weighted by Crippen LogP contribution is -2.27. The molecule has 1 aliphatic rings. The molecule has 0 bridgehead atoms. The molecule has 2 aromatic rings. The summed E-state index contributed by atoms with van der Waals surface area (Å²) in [6.45, 7) is 0.315. The van der Waals surface area contributed by atoms with E-state index >= 15 is 0 Å². The first-order valence-electron chi connectivity index (χ1n) is 7.01. The van der Waals surface area contributed by atoms with Crippen LogP contribution in [0.1, 0.15) is 17.4 Å². The molecule has 1 aromatic heterocycles. The maximum Gasteiger partial charge on any atom is 0.185 e. The lowest BCUT2D eigenvalue weighted by Gasteiger charge is -2.21. The van der Waals surface area contributed by atoms with E-state index in [-0.39, 0.29) is 5.92 Å². The average Bonchev–Trinajstić information content (AvgIpc) is 3.21. The van der Waals surface area contributed by atoms with E-state index in [2.05, 4.69) is 12.1 Å². The van der Waals surface area contributed by atoms with Crippen molar-refractivity contribution in [3.8, 4) is 12.1 Å². The summed E-state index contributed by atoms with van der Waals surface area (Å²) in [6.07, 6.45) is 4.65. The Labute approximate surface area is 128 Å². The van der Waals surface area contributed by atoms with E-state index in [4.69, 9.17) is 9.15 Å². The quantitative estimate of drug-likeness (QED) is 0.864. The second kappa shape index (κ2) is 5.89. The molecule has 1 fully saturated rings. The number of hydrogen-bond acceptors (Lipinski definition) is 4. The highest BCUT2D eigenvalue weighted by molar-refractivity contribution is 5.50. The number of benzene rings is 1. The minimum Gasteiger partial charge on any atom is -0.466 e. The fourth-order valence-corrected chi connectivity index (χ4v) is 2.71. The van der Waals surface area contributed by atoms with Crippen LogP contribution in [-0.2, 0) is 4.74 Å². The van der Waals surface area contributed by atoms with Gasteiger partial charge in [-0.25, -0.2) is 0 Å². The maximum absolute atomic E-state index is 9.63. The van der Waals surface area contributed by atoms with Gasteiger partial charge in [0.1, 0.15) is 11.9 Å². The molecule has 0 radical (unpaired) electrons. The highest BCUT2D eigenvalue weighted by Gasteiger charge is 2.54. The number of hydrogen-bond donors (Lipinski definition) is 0. The van der Waals surface area contributed by atoms with Crippen LogP contribution in [0.2, 0.25) is 0 Å². The predicted octanol–water partition coefficient (Wildman–Crippen LogP) is 3.71.